The second kappa shape index (κ2) is 7.49. The van der Waals surface area contributed by atoms with Crippen LogP contribution >= 0.6 is 15.9 Å². The molecule has 1 heterocycles. The van der Waals surface area contributed by atoms with E-state index in [2.05, 4.69) is 15.9 Å². The Hall–Kier alpha value is -2.66. The number of hydrogen-bond donors (Lipinski definition) is 0. The Kier molecular flexibility index (Phi) is 5.14. The standard InChI is InChI=1S/C20H15BrO4/c1-13-7-9-14(10-8-13)18(22)19(15-5-3-2-4-6-15)25-20(23)16-11-12-17(21)24-16/h2-12,19H,1H3/t19-/m0/s1. The van der Waals surface area contributed by atoms with Gasteiger partial charge in [0, 0.05) is 11.1 Å². The molecule has 0 aliphatic rings. The van der Waals surface area contributed by atoms with Crippen LogP contribution in [0.2, 0.25) is 0 Å². The summed E-state index contributed by atoms with van der Waals surface area (Å²) in [5.41, 5.74) is 2.13. The number of carbonyl (C=O) groups excluding carboxylic acids is 2. The van der Waals surface area contributed by atoms with Gasteiger partial charge < -0.3 is 9.15 Å². The van der Waals surface area contributed by atoms with Crippen LogP contribution in [-0.2, 0) is 4.74 Å². The minimum Gasteiger partial charge on any atom is -0.443 e. The lowest BCUT2D eigenvalue weighted by Gasteiger charge is -2.17. The van der Waals surface area contributed by atoms with E-state index in [1.54, 1.807) is 42.5 Å². The van der Waals surface area contributed by atoms with Crippen LogP contribution in [0.25, 0.3) is 0 Å². The van der Waals surface area contributed by atoms with Crippen LogP contribution in [0.3, 0.4) is 0 Å². The van der Waals surface area contributed by atoms with E-state index in [0.29, 0.717) is 15.8 Å². The summed E-state index contributed by atoms with van der Waals surface area (Å²) in [4.78, 5) is 25.3. The summed E-state index contributed by atoms with van der Waals surface area (Å²) >= 11 is 3.14. The highest BCUT2D eigenvalue weighted by Gasteiger charge is 2.27. The zero-order valence-electron chi connectivity index (χ0n) is 13.4. The zero-order chi connectivity index (χ0) is 17.8. The van der Waals surface area contributed by atoms with E-state index in [1.165, 1.54) is 6.07 Å². The number of benzene rings is 2. The van der Waals surface area contributed by atoms with Crippen LogP contribution in [0.1, 0.15) is 38.1 Å². The summed E-state index contributed by atoms with van der Waals surface area (Å²) in [6, 6.07) is 19.2. The van der Waals surface area contributed by atoms with Crippen molar-refractivity contribution in [1.29, 1.82) is 0 Å². The molecule has 126 valence electrons. The molecular formula is C20H15BrO4. The predicted molar refractivity (Wildman–Crippen MR) is 96.5 cm³/mol. The number of aryl methyl sites for hydroxylation is 1. The molecule has 2 aromatic carbocycles. The molecule has 0 bridgehead atoms. The summed E-state index contributed by atoms with van der Waals surface area (Å²) in [6.07, 6.45) is -1.04. The van der Waals surface area contributed by atoms with Crippen molar-refractivity contribution in [3.63, 3.8) is 0 Å². The summed E-state index contributed by atoms with van der Waals surface area (Å²) in [7, 11) is 0. The molecule has 0 radical (unpaired) electrons. The smallest absolute Gasteiger partial charge is 0.375 e. The van der Waals surface area contributed by atoms with Crippen molar-refractivity contribution < 1.29 is 18.7 Å². The van der Waals surface area contributed by atoms with Gasteiger partial charge in [-0.2, -0.15) is 0 Å². The van der Waals surface area contributed by atoms with Crippen molar-refractivity contribution in [2.24, 2.45) is 0 Å². The van der Waals surface area contributed by atoms with Gasteiger partial charge in [0.05, 0.1) is 0 Å². The van der Waals surface area contributed by atoms with Gasteiger partial charge in [0.25, 0.3) is 0 Å². The van der Waals surface area contributed by atoms with Gasteiger partial charge in [-0.15, -0.1) is 0 Å². The second-order valence-corrected chi connectivity index (χ2v) is 6.31. The van der Waals surface area contributed by atoms with E-state index in [4.69, 9.17) is 9.15 Å². The van der Waals surface area contributed by atoms with E-state index in [0.717, 1.165) is 5.56 Å². The third kappa shape index (κ3) is 4.06. The molecule has 0 N–H and O–H groups in total. The molecular weight excluding hydrogens is 384 g/mol. The number of furan rings is 1. The topological polar surface area (TPSA) is 56.5 Å². The fourth-order valence-electron chi connectivity index (χ4n) is 2.36. The van der Waals surface area contributed by atoms with E-state index in [-0.39, 0.29) is 11.5 Å². The molecule has 1 atom stereocenters. The Morgan fingerprint density at radius 1 is 0.960 bits per heavy atom. The first-order valence-corrected chi connectivity index (χ1v) is 8.46. The molecule has 1 aromatic heterocycles. The Balaban J connectivity index is 1.91. The van der Waals surface area contributed by atoms with Gasteiger partial charge in [-0.3, -0.25) is 4.79 Å². The molecule has 0 aliphatic carbocycles. The Labute approximate surface area is 153 Å². The molecule has 0 aliphatic heterocycles. The number of Topliss-reactive ketones (excluding diaryl/α,β-unsaturated/α-hetero) is 1. The van der Waals surface area contributed by atoms with Crippen LogP contribution in [0.5, 0.6) is 0 Å². The van der Waals surface area contributed by atoms with Crippen LogP contribution < -0.4 is 0 Å². The number of rotatable bonds is 5. The van der Waals surface area contributed by atoms with Crippen molar-refractivity contribution in [2.45, 2.75) is 13.0 Å². The lowest BCUT2D eigenvalue weighted by Crippen LogP contribution is -2.20. The van der Waals surface area contributed by atoms with Crippen molar-refractivity contribution in [2.75, 3.05) is 0 Å². The summed E-state index contributed by atoms with van der Waals surface area (Å²) in [5, 5.41) is 0. The lowest BCUT2D eigenvalue weighted by molar-refractivity contribution is 0.0249. The number of ether oxygens (including phenoxy) is 1. The van der Waals surface area contributed by atoms with E-state index >= 15 is 0 Å². The molecule has 0 saturated heterocycles. The van der Waals surface area contributed by atoms with Gasteiger partial charge in [0.2, 0.25) is 11.5 Å². The maximum atomic E-state index is 12.9. The largest absolute Gasteiger partial charge is 0.443 e. The quantitative estimate of drug-likeness (QED) is 0.441. The maximum Gasteiger partial charge on any atom is 0.375 e. The van der Waals surface area contributed by atoms with Crippen LogP contribution in [0.4, 0.5) is 0 Å². The summed E-state index contributed by atoms with van der Waals surface area (Å²) in [5.74, 6) is -0.949. The van der Waals surface area contributed by atoms with Gasteiger partial charge in [0.1, 0.15) is 0 Å². The summed E-state index contributed by atoms with van der Waals surface area (Å²) in [6.45, 7) is 1.94. The minimum absolute atomic E-state index is 0.0320. The molecule has 4 nitrogen and oxygen atoms in total. The first kappa shape index (κ1) is 17.2. The minimum atomic E-state index is -1.04. The van der Waals surface area contributed by atoms with Crippen molar-refractivity contribution in [3.8, 4) is 0 Å². The molecule has 3 rings (SSSR count). The Morgan fingerprint density at radius 2 is 1.64 bits per heavy atom. The zero-order valence-corrected chi connectivity index (χ0v) is 15.0. The number of ketones is 1. The highest BCUT2D eigenvalue weighted by Crippen LogP contribution is 2.25. The van der Waals surface area contributed by atoms with Crippen molar-refractivity contribution in [1.82, 2.24) is 0 Å². The number of hydrogen-bond acceptors (Lipinski definition) is 4. The highest BCUT2D eigenvalue weighted by atomic mass is 79.9. The van der Waals surface area contributed by atoms with Gasteiger partial charge in [-0.1, -0.05) is 60.2 Å². The average molecular weight is 399 g/mol. The third-order valence-electron chi connectivity index (χ3n) is 3.68. The molecule has 5 heteroatoms. The average Bonchev–Trinajstić information content (AvgIpc) is 3.07. The summed E-state index contributed by atoms with van der Waals surface area (Å²) < 4.78 is 11.1. The van der Waals surface area contributed by atoms with Gasteiger partial charge in [-0.25, -0.2) is 4.79 Å². The molecule has 3 aromatic rings. The SMILES string of the molecule is Cc1ccc(C(=O)[C@@H](OC(=O)c2ccc(Br)o2)c2ccccc2)cc1. The number of carbonyl (C=O) groups is 2. The van der Waals surface area contributed by atoms with Crippen molar-refractivity contribution >= 4 is 27.7 Å². The lowest BCUT2D eigenvalue weighted by atomic mass is 9.99. The third-order valence-corrected chi connectivity index (χ3v) is 4.10. The first-order chi connectivity index (χ1) is 12.0. The fourth-order valence-corrected chi connectivity index (χ4v) is 2.67. The Morgan fingerprint density at radius 3 is 2.24 bits per heavy atom. The highest BCUT2D eigenvalue weighted by molar-refractivity contribution is 9.10. The van der Waals surface area contributed by atoms with E-state index in [1.807, 2.05) is 25.1 Å². The van der Waals surface area contributed by atoms with Gasteiger partial charge >= 0.3 is 5.97 Å². The Bertz CT molecular complexity index is 882. The van der Waals surface area contributed by atoms with Gasteiger partial charge in [0.15, 0.2) is 10.8 Å². The van der Waals surface area contributed by atoms with E-state index < -0.39 is 12.1 Å². The normalized spacial score (nSPS) is 11.8. The van der Waals surface area contributed by atoms with Crippen LogP contribution in [-0.4, -0.2) is 11.8 Å². The fraction of sp³-hybridized carbons (Fsp3) is 0.100. The molecule has 25 heavy (non-hydrogen) atoms. The monoisotopic (exact) mass is 398 g/mol. The molecule has 0 amide bonds. The van der Waals surface area contributed by atoms with Crippen molar-refractivity contribution in [3.05, 3.63) is 93.9 Å². The first-order valence-electron chi connectivity index (χ1n) is 7.67. The van der Waals surface area contributed by atoms with Gasteiger partial charge in [-0.05, 0) is 35.0 Å². The maximum absolute atomic E-state index is 12.9. The second-order valence-electron chi connectivity index (χ2n) is 5.53. The van der Waals surface area contributed by atoms with Crippen LogP contribution in [0, 0.1) is 6.92 Å². The molecule has 0 saturated carbocycles. The number of esters is 1. The molecule has 0 spiro atoms. The molecule has 0 fully saturated rings. The van der Waals surface area contributed by atoms with E-state index in [9.17, 15) is 9.59 Å². The predicted octanol–water partition coefficient (Wildman–Crippen LogP) is 5.13. The number of halogens is 1. The van der Waals surface area contributed by atoms with Crippen LogP contribution in [0.15, 0.2) is 75.8 Å². The molecule has 0 unspecified atom stereocenters.